The molecular weight excluding hydrogens is 372 g/mol. The smallest absolute Gasteiger partial charge is 0.125 e. The highest BCUT2D eigenvalue weighted by atomic mass is 79.9. The Balaban J connectivity index is 2.17. The van der Waals surface area contributed by atoms with E-state index < -0.39 is 0 Å². The number of benzene rings is 1. The van der Waals surface area contributed by atoms with Gasteiger partial charge in [0.25, 0.3) is 0 Å². The standard InChI is InChI=1S/C14H14Br2N2O/c1-9(17)13-3-2-11(15)5-14(13)19-8-10-4-12(16)7-18-6-10/h2-7,9H,8,17H2,1H3/t9-/m1/s1. The summed E-state index contributed by atoms with van der Waals surface area (Å²) >= 11 is 6.83. The molecule has 0 radical (unpaired) electrons. The minimum absolute atomic E-state index is 0.0660. The molecule has 0 bridgehead atoms. The lowest BCUT2D eigenvalue weighted by Gasteiger charge is -2.14. The second kappa shape index (κ2) is 6.50. The Morgan fingerprint density at radius 2 is 2.00 bits per heavy atom. The van der Waals surface area contributed by atoms with Gasteiger partial charge in [0.1, 0.15) is 12.4 Å². The van der Waals surface area contributed by atoms with Gasteiger partial charge in [0.15, 0.2) is 0 Å². The monoisotopic (exact) mass is 384 g/mol. The van der Waals surface area contributed by atoms with Crippen LogP contribution in [0.2, 0.25) is 0 Å². The zero-order valence-corrected chi connectivity index (χ0v) is 13.6. The van der Waals surface area contributed by atoms with Gasteiger partial charge in [0, 0.05) is 38.5 Å². The molecule has 0 fully saturated rings. The normalized spacial score (nSPS) is 12.2. The minimum Gasteiger partial charge on any atom is -0.488 e. The summed E-state index contributed by atoms with van der Waals surface area (Å²) in [7, 11) is 0. The van der Waals surface area contributed by atoms with Crippen LogP contribution in [0.25, 0.3) is 0 Å². The van der Waals surface area contributed by atoms with Gasteiger partial charge in [0.2, 0.25) is 0 Å². The van der Waals surface area contributed by atoms with E-state index in [0.717, 1.165) is 25.8 Å². The Morgan fingerprint density at radius 1 is 1.21 bits per heavy atom. The fourth-order valence-corrected chi connectivity index (χ4v) is 2.46. The van der Waals surface area contributed by atoms with Crippen LogP contribution in [-0.4, -0.2) is 4.98 Å². The molecular formula is C14H14Br2N2O. The van der Waals surface area contributed by atoms with Gasteiger partial charge < -0.3 is 10.5 Å². The van der Waals surface area contributed by atoms with Crippen LogP contribution in [-0.2, 0) is 6.61 Å². The lowest BCUT2D eigenvalue weighted by Crippen LogP contribution is -2.08. The SMILES string of the molecule is C[C@@H](N)c1ccc(Br)cc1OCc1cncc(Br)c1. The fraction of sp³-hybridized carbons (Fsp3) is 0.214. The highest BCUT2D eigenvalue weighted by Gasteiger charge is 2.09. The molecule has 5 heteroatoms. The first-order chi connectivity index (χ1) is 9.06. The summed E-state index contributed by atoms with van der Waals surface area (Å²) in [5, 5.41) is 0. The molecule has 1 aromatic carbocycles. The molecule has 1 atom stereocenters. The van der Waals surface area contributed by atoms with Crippen LogP contribution in [0.3, 0.4) is 0 Å². The van der Waals surface area contributed by atoms with E-state index in [1.165, 1.54) is 0 Å². The fourth-order valence-electron chi connectivity index (χ4n) is 1.71. The molecule has 0 unspecified atom stereocenters. The number of hydrogen-bond donors (Lipinski definition) is 1. The van der Waals surface area contributed by atoms with E-state index in [-0.39, 0.29) is 6.04 Å². The Labute approximate surface area is 129 Å². The summed E-state index contributed by atoms with van der Waals surface area (Å²) in [5.74, 6) is 0.796. The Kier molecular flexibility index (Phi) is 4.96. The van der Waals surface area contributed by atoms with Crippen molar-refractivity contribution in [2.45, 2.75) is 19.6 Å². The predicted octanol–water partition coefficient (Wildman–Crippen LogP) is 4.21. The highest BCUT2D eigenvalue weighted by Crippen LogP contribution is 2.28. The second-order valence-electron chi connectivity index (χ2n) is 4.27. The third kappa shape index (κ3) is 4.03. The summed E-state index contributed by atoms with van der Waals surface area (Å²) in [6, 6.07) is 7.79. The maximum Gasteiger partial charge on any atom is 0.125 e. The van der Waals surface area contributed by atoms with Crippen molar-refractivity contribution in [1.29, 1.82) is 0 Å². The molecule has 0 aliphatic carbocycles. The van der Waals surface area contributed by atoms with E-state index in [9.17, 15) is 0 Å². The largest absolute Gasteiger partial charge is 0.488 e. The molecule has 3 nitrogen and oxygen atoms in total. The summed E-state index contributed by atoms with van der Waals surface area (Å²) in [4.78, 5) is 4.11. The van der Waals surface area contributed by atoms with Crippen molar-refractivity contribution >= 4 is 31.9 Å². The lowest BCUT2D eigenvalue weighted by atomic mass is 10.1. The van der Waals surface area contributed by atoms with Gasteiger partial charge in [-0.3, -0.25) is 4.98 Å². The van der Waals surface area contributed by atoms with Crippen LogP contribution in [0.4, 0.5) is 0 Å². The number of ether oxygens (including phenoxy) is 1. The predicted molar refractivity (Wildman–Crippen MR) is 83.0 cm³/mol. The van der Waals surface area contributed by atoms with Crippen LogP contribution in [0, 0.1) is 0 Å². The highest BCUT2D eigenvalue weighted by molar-refractivity contribution is 9.10. The first-order valence-corrected chi connectivity index (χ1v) is 7.42. The maximum atomic E-state index is 5.94. The second-order valence-corrected chi connectivity index (χ2v) is 6.10. The van der Waals surface area contributed by atoms with Gasteiger partial charge >= 0.3 is 0 Å². The van der Waals surface area contributed by atoms with Gasteiger partial charge in [-0.05, 0) is 41.1 Å². The molecule has 100 valence electrons. The summed E-state index contributed by atoms with van der Waals surface area (Å²) < 4.78 is 7.76. The number of nitrogens with two attached hydrogens (primary N) is 1. The zero-order valence-electron chi connectivity index (χ0n) is 10.4. The molecule has 19 heavy (non-hydrogen) atoms. The minimum atomic E-state index is -0.0660. The number of aromatic nitrogens is 1. The molecule has 0 amide bonds. The van der Waals surface area contributed by atoms with E-state index in [2.05, 4.69) is 36.8 Å². The molecule has 1 heterocycles. The average Bonchev–Trinajstić information content (AvgIpc) is 2.36. The summed E-state index contributed by atoms with van der Waals surface area (Å²) in [6.45, 7) is 2.40. The third-order valence-corrected chi connectivity index (χ3v) is 3.55. The molecule has 2 aromatic rings. The molecule has 0 spiro atoms. The Hall–Kier alpha value is -0.910. The Morgan fingerprint density at radius 3 is 2.68 bits per heavy atom. The van der Waals surface area contributed by atoms with Crippen LogP contribution in [0.5, 0.6) is 5.75 Å². The van der Waals surface area contributed by atoms with E-state index in [1.54, 1.807) is 12.4 Å². The summed E-state index contributed by atoms with van der Waals surface area (Å²) in [6.07, 6.45) is 3.53. The molecule has 0 aliphatic rings. The number of pyridine rings is 1. The van der Waals surface area contributed by atoms with E-state index in [1.807, 2.05) is 31.2 Å². The van der Waals surface area contributed by atoms with Crippen molar-refractivity contribution < 1.29 is 4.74 Å². The molecule has 2 rings (SSSR count). The maximum absolute atomic E-state index is 5.94. The van der Waals surface area contributed by atoms with Crippen LogP contribution >= 0.6 is 31.9 Å². The molecule has 0 saturated carbocycles. The van der Waals surface area contributed by atoms with Gasteiger partial charge in [0.05, 0.1) is 0 Å². The number of hydrogen-bond acceptors (Lipinski definition) is 3. The molecule has 1 aromatic heterocycles. The third-order valence-electron chi connectivity index (χ3n) is 2.62. The number of nitrogens with zero attached hydrogens (tertiary/aromatic N) is 1. The molecule has 2 N–H and O–H groups in total. The lowest BCUT2D eigenvalue weighted by molar-refractivity contribution is 0.301. The van der Waals surface area contributed by atoms with Gasteiger partial charge in [-0.25, -0.2) is 0 Å². The van der Waals surface area contributed by atoms with Gasteiger partial charge in [-0.15, -0.1) is 0 Å². The van der Waals surface area contributed by atoms with Crippen LogP contribution in [0.1, 0.15) is 24.1 Å². The molecule has 0 saturated heterocycles. The van der Waals surface area contributed by atoms with Crippen molar-refractivity contribution in [3.05, 3.63) is 56.7 Å². The zero-order chi connectivity index (χ0) is 13.8. The van der Waals surface area contributed by atoms with E-state index in [0.29, 0.717) is 6.61 Å². The van der Waals surface area contributed by atoms with E-state index >= 15 is 0 Å². The topological polar surface area (TPSA) is 48.1 Å². The first kappa shape index (κ1) is 14.5. The van der Waals surface area contributed by atoms with Crippen molar-refractivity contribution in [2.24, 2.45) is 5.73 Å². The summed E-state index contributed by atoms with van der Waals surface area (Å²) in [5.41, 5.74) is 7.94. The molecule has 0 aliphatic heterocycles. The number of rotatable bonds is 4. The van der Waals surface area contributed by atoms with Crippen molar-refractivity contribution in [3.8, 4) is 5.75 Å². The first-order valence-electron chi connectivity index (χ1n) is 5.83. The average molecular weight is 386 g/mol. The van der Waals surface area contributed by atoms with E-state index in [4.69, 9.17) is 10.5 Å². The van der Waals surface area contributed by atoms with Crippen molar-refractivity contribution in [2.75, 3.05) is 0 Å². The van der Waals surface area contributed by atoms with Crippen LogP contribution < -0.4 is 10.5 Å². The van der Waals surface area contributed by atoms with Crippen LogP contribution in [0.15, 0.2) is 45.6 Å². The van der Waals surface area contributed by atoms with Crippen molar-refractivity contribution in [3.63, 3.8) is 0 Å². The quantitative estimate of drug-likeness (QED) is 0.857. The van der Waals surface area contributed by atoms with Gasteiger partial charge in [-0.2, -0.15) is 0 Å². The van der Waals surface area contributed by atoms with Crippen molar-refractivity contribution in [1.82, 2.24) is 4.98 Å². The van der Waals surface area contributed by atoms with Gasteiger partial charge in [-0.1, -0.05) is 22.0 Å². The Bertz CT molecular complexity index is 573. The number of halogens is 2.